The molecule has 3 rings (SSSR count). The summed E-state index contributed by atoms with van der Waals surface area (Å²) in [6.07, 6.45) is 0. The summed E-state index contributed by atoms with van der Waals surface area (Å²) in [6.45, 7) is 1.21. The van der Waals surface area contributed by atoms with Crippen LogP contribution >= 0.6 is 0 Å². The molecular formula is C16H17N3O5S. The highest BCUT2D eigenvalue weighted by Crippen LogP contribution is 2.37. The molecule has 0 atom stereocenters. The van der Waals surface area contributed by atoms with E-state index in [1.807, 2.05) is 6.07 Å². The van der Waals surface area contributed by atoms with E-state index in [9.17, 15) is 13.2 Å². The van der Waals surface area contributed by atoms with Crippen molar-refractivity contribution in [1.29, 1.82) is 5.26 Å². The molecule has 1 aromatic rings. The van der Waals surface area contributed by atoms with Crippen LogP contribution in [0, 0.1) is 11.3 Å². The van der Waals surface area contributed by atoms with E-state index in [1.165, 1.54) is 18.0 Å². The SMILES string of the molecule is CN1C(C(=O)N2CCOCC2)=C(OCC#N)c2ccccc2S1(=O)=O. The number of nitriles is 1. The minimum Gasteiger partial charge on any atom is -0.476 e. The third kappa shape index (κ3) is 2.94. The molecule has 0 unspecified atom stereocenters. The summed E-state index contributed by atoms with van der Waals surface area (Å²) in [6, 6.07) is 8.13. The fraction of sp³-hybridized carbons (Fsp3) is 0.375. The van der Waals surface area contributed by atoms with E-state index >= 15 is 0 Å². The molecule has 1 fully saturated rings. The van der Waals surface area contributed by atoms with Gasteiger partial charge < -0.3 is 14.4 Å². The van der Waals surface area contributed by atoms with Gasteiger partial charge in [-0.2, -0.15) is 5.26 Å². The molecule has 2 aliphatic heterocycles. The number of likely N-dealkylation sites (N-methyl/N-ethyl adjacent to an activating group) is 1. The number of hydrogen-bond acceptors (Lipinski definition) is 6. The van der Waals surface area contributed by atoms with Crippen molar-refractivity contribution in [2.45, 2.75) is 4.90 Å². The van der Waals surface area contributed by atoms with Crippen molar-refractivity contribution in [3.8, 4) is 6.07 Å². The van der Waals surface area contributed by atoms with Crippen LogP contribution in [0.3, 0.4) is 0 Å². The first-order chi connectivity index (χ1) is 12.0. The Hall–Kier alpha value is -2.57. The molecule has 0 aliphatic carbocycles. The lowest BCUT2D eigenvalue weighted by Gasteiger charge is -2.34. The third-order valence-electron chi connectivity index (χ3n) is 4.08. The highest BCUT2D eigenvalue weighted by Gasteiger charge is 2.40. The highest BCUT2D eigenvalue weighted by atomic mass is 32.2. The molecule has 8 nitrogen and oxygen atoms in total. The lowest BCUT2D eigenvalue weighted by molar-refractivity contribution is -0.132. The van der Waals surface area contributed by atoms with Crippen molar-refractivity contribution >= 4 is 21.7 Å². The molecule has 132 valence electrons. The van der Waals surface area contributed by atoms with E-state index in [1.54, 1.807) is 18.2 Å². The Balaban J connectivity index is 2.17. The largest absolute Gasteiger partial charge is 0.476 e. The molecule has 1 aromatic carbocycles. The Kier molecular flexibility index (Phi) is 4.65. The molecule has 9 heteroatoms. The van der Waals surface area contributed by atoms with Gasteiger partial charge >= 0.3 is 0 Å². The average Bonchev–Trinajstić information content (AvgIpc) is 2.64. The normalized spacial score (nSPS) is 19.2. The van der Waals surface area contributed by atoms with Crippen molar-refractivity contribution in [3.63, 3.8) is 0 Å². The van der Waals surface area contributed by atoms with Crippen molar-refractivity contribution in [2.75, 3.05) is 40.0 Å². The molecule has 0 bridgehead atoms. The molecule has 2 heterocycles. The summed E-state index contributed by atoms with van der Waals surface area (Å²) >= 11 is 0. The maximum atomic E-state index is 13.0. The summed E-state index contributed by atoms with van der Waals surface area (Å²) in [5, 5.41) is 8.85. The Morgan fingerprint density at radius 2 is 2.00 bits per heavy atom. The molecular weight excluding hydrogens is 346 g/mol. The second-order valence-corrected chi connectivity index (χ2v) is 7.44. The number of benzene rings is 1. The number of carbonyl (C=O) groups excluding carboxylic acids is 1. The maximum absolute atomic E-state index is 13.0. The zero-order valence-electron chi connectivity index (χ0n) is 13.6. The van der Waals surface area contributed by atoms with Crippen LogP contribution in [-0.2, 0) is 24.3 Å². The maximum Gasteiger partial charge on any atom is 0.275 e. The van der Waals surface area contributed by atoms with Gasteiger partial charge in [0.25, 0.3) is 15.9 Å². The van der Waals surface area contributed by atoms with Crippen LogP contribution in [0.5, 0.6) is 0 Å². The fourth-order valence-corrected chi connectivity index (χ4v) is 4.20. The Labute approximate surface area is 145 Å². The summed E-state index contributed by atoms with van der Waals surface area (Å²) in [5.74, 6) is -0.359. The predicted molar refractivity (Wildman–Crippen MR) is 87.3 cm³/mol. The zero-order valence-corrected chi connectivity index (χ0v) is 14.5. The van der Waals surface area contributed by atoms with E-state index in [0.29, 0.717) is 26.3 Å². The first-order valence-electron chi connectivity index (χ1n) is 7.68. The van der Waals surface area contributed by atoms with Gasteiger partial charge in [0.15, 0.2) is 18.1 Å². The van der Waals surface area contributed by atoms with E-state index in [2.05, 4.69) is 0 Å². The van der Waals surface area contributed by atoms with E-state index in [-0.39, 0.29) is 28.5 Å². The molecule has 0 N–H and O–H groups in total. The summed E-state index contributed by atoms with van der Waals surface area (Å²) in [5.41, 5.74) is 0.198. The second-order valence-electron chi connectivity index (χ2n) is 5.50. The molecule has 1 amide bonds. The number of fused-ring (bicyclic) bond motifs is 1. The lowest BCUT2D eigenvalue weighted by Crippen LogP contribution is -2.46. The van der Waals surface area contributed by atoms with Crippen LogP contribution in [-0.4, -0.2) is 63.5 Å². The number of morpholine rings is 1. The lowest BCUT2D eigenvalue weighted by atomic mass is 10.1. The quantitative estimate of drug-likeness (QED) is 0.770. The molecule has 0 saturated carbocycles. The third-order valence-corrected chi connectivity index (χ3v) is 5.90. The second kappa shape index (κ2) is 6.74. The number of rotatable bonds is 3. The van der Waals surface area contributed by atoms with Gasteiger partial charge in [0.05, 0.1) is 18.1 Å². The van der Waals surface area contributed by atoms with Gasteiger partial charge in [-0.15, -0.1) is 0 Å². The minimum atomic E-state index is -3.88. The Morgan fingerprint density at radius 1 is 1.32 bits per heavy atom. The standard InChI is InChI=1S/C16H17N3O5S/c1-18-14(16(20)19-7-10-23-11-8-19)15(24-9-6-17)12-4-2-3-5-13(12)25(18,21)22/h2-5H,7-11H2,1H3. The van der Waals surface area contributed by atoms with Gasteiger partial charge in [-0.25, -0.2) is 8.42 Å². The van der Waals surface area contributed by atoms with E-state index in [4.69, 9.17) is 14.7 Å². The first-order valence-corrected chi connectivity index (χ1v) is 9.12. The van der Waals surface area contributed by atoms with Crippen LogP contribution in [0.4, 0.5) is 0 Å². The summed E-state index contributed by atoms with van der Waals surface area (Å²) < 4.78 is 37.2. The number of hydrogen-bond donors (Lipinski definition) is 0. The van der Waals surface area contributed by atoms with Crippen LogP contribution in [0.25, 0.3) is 5.76 Å². The van der Waals surface area contributed by atoms with E-state index < -0.39 is 15.9 Å². The molecule has 0 aromatic heterocycles. The van der Waals surface area contributed by atoms with Crippen molar-refractivity contribution in [3.05, 3.63) is 35.5 Å². The molecule has 0 spiro atoms. The Bertz CT molecular complexity index is 866. The van der Waals surface area contributed by atoms with Crippen LogP contribution in [0.1, 0.15) is 5.56 Å². The van der Waals surface area contributed by atoms with Gasteiger partial charge in [-0.05, 0) is 12.1 Å². The van der Waals surface area contributed by atoms with Crippen LogP contribution < -0.4 is 0 Å². The molecule has 25 heavy (non-hydrogen) atoms. The predicted octanol–water partition coefficient (Wildman–Crippen LogP) is 0.388. The molecule has 2 aliphatic rings. The van der Waals surface area contributed by atoms with Crippen LogP contribution in [0.15, 0.2) is 34.9 Å². The van der Waals surface area contributed by atoms with Gasteiger partial charge in [-0.1, -0.05) is 12.1 Å². The highest BCUT2D eigenvalue weighted by molar-refractivity contribution is 7.89. The average molecular weight is 363 g/mol. The number of amides is 1. The topological polar surface area (TPSA) is 99.9 Å². The van der Waals surface area contributed by atoms with Gasteiger partial charge in [0, 0.05) is 25.7 Å². The summed E-state index contributed by atoms with van der Waals surface area (Å²) in [4.78, 5) is 14.5. The van der Waals surface area contributed by atoms with Gasteiger partial charge in [-0.3, -0.25) is 9.10 Å². The number of nitrogens with zero attached hydrogens (tertiary/aromatic N) is 3. The number of sulfonamides is 1. The molecule has 0 radical (unpaired) electrons. The van der Waals surface area contributed by atoms with Crippen molar-refractivity contribution in [2.24, 2.45) is 0 Å². The van der Waals surface area contributed by atoms with Gasteiger partial charge in [0.1, 0.15) is 6.07 Å². The number of carbonyl (C=O) groups is 1. The van der Waals surface area contributed by atoms with Crippen LogP contribution in [0.2, 0.25) is 0 Å². The number of ether oxygens (including phenoxy) is 2. The Morgan fingerprint density at radius 3 is 2.68 bits per heavy atom. The van der Waals surface area contributed by atoms with Crippen molar-refractivity contribution < 1.29 is 22.7 Å². The minimum absolute atomic E-state index is 0.0453. The van der Waals surface area contributed by atoms with Crippen molar-refractivity contribution in [1.82, 2.24) is 9.21 Å². The molecule has 1 saturated heterocycles. The smallest absolute Gasteiger partial charge is 0.275 e. The zero-order chi connectivity index (χ0) is 18.0. The summed E-state index contributed by atoms with van der Waals surface area (Å²) in [7, 11) is -2.56. The van der Waals surface area contributed by atoms with Gasteiger partial charge in [0.2, 0.25) is 0 Å². The monoisotopic (exact) mass is 363 g/mol. The first kappa shape index (κ1) is 17.3. The fourth-order valence-electron chi connectivity index (χ4n) is 2.82. The van der Waals surface area contributed by atoms with E-state index in [0.717, 1.165) is 4.31 Å².